The van der Waals surface area contributed by atoms with Gasteiger partial charge in [-0.05, 0) is 42.8 Å². The molecule has 2 heteroatoms. The molecule has 0 bridgehead atoms. The third kappa shape index (κ3) is 4.23. The molecule has 0 amide bonds. The lowest BCUT2D eigenvalue weighted by atomic mass is 10.2. The first kappa shape index (κ1) is 19.6. The van der Waals surface area contributed by atoms with Gasteiger partial charge in [0.1, 0.15) is 0 Å². The lowest BCUT2D eigenvalue weighted by molar-refractivity contribution is 0.314. The molecule has 0 atom stereocenters. The van der Waals surface area contributed by atoms with E-state index in [1.807, 2.05) is 0 Å². The van der Waals surface area contributed by atoms with Crippen molar-refractivity contribution in [2.24, 2.45) is 0 Å². The van der Waals surface area contributed by atoms with Crippen LogP contribution in [-0.4, -0.2) is 14.9 Å². The molecule has 0 aliphatic carbocycles. The molecule has 1 nitrogen and oxygen atoms in total. The third-order valence-electron chi connectivity index (χ3n) is 5.09. The Balaban J connectivity index is 2.29. The van der Waals surface area contributed by atoms with E-state index in [4.69, 9.17) is 4.43 Å². The van der Waals surface area contributed by atoms with Crippen LogP contribution in [0.3, 0.4) is 0 Å². The van der Waals surface area contributed by atoms with Crippen molar-refractivity contribution >= 4 is 23.9 Å². The van der Waals surface area contributed by atoms with Gasteiger partial charge in [-0.2, -0.15) is 0 Å². The number of unbranched alkanes of at least 4 members (excludes halogenated alkanes) is 1. The minimum absolute atomic E-state index is 0.790. The van der Waals surface area contributed by atoms with E-state index in [2.05, 4.69) is 100 Å². The average Bonchev–Trinajstić information content (AvgIpc) is 2.65. The van der Waals surface area contributed by atoms with Crippen LogP contribution in [0.2, 0.25) is 0 Å². The summed E-state index contributed by atoms with van der Waals surface area (Å²) in [6.07, 6.45) is 2.22. The van der Waals surface area contributed by atoms with Crippen molar-refractivity contribution in [1.29, 1.82) is 0 Å². The number of aryl methyl sites for hydroxylation is 3. The highest BCUT2D eigenvalue weighted by Gasteiger charge is 2.42. The molecule has 27 heavy (non-hydrogen) atoms. The van der Waals surface area contributed by atoms with Gasteiger partial charge in [0.05, 0.1) is 0 Å². The molecule has 0 N–H and O–H groups in total. The second kappa shape index (κ2) is 8.68. The molecule has 0 radical (unpaired) electrons. The summed E-state index contributed by atoms with van der Waals surface area (Å²) in [7, 11) is -2.56. The SMILES string of the molecule is CCCCO[Si](c1cccc(C)c1)(c1cccc(C)c1)c1cccc(C)c1. The van der Waals surface area contributed by atoms with Gasteiger partial charge in [-0.1, -0.05) is 103 Å². The standard InChI is InChI=1S/C25H30OSi/c1-5-6-16-26-27(23-13-7-10-20(2)17-23,24-14-8-11-21(3)18-24)25-15-9-12-22(4)19-25/h7-15,17-19H,5-6,16H2,1-4H3. The molecule has 3 aromatic rings. The summed E-state index contributed by atoms with van der Waals surface area (Å²) in [6.45, 7) is 9.51. The van der Waals surface area contributed by atoms with Crippen molar-refractivity contribution < 1.29 is 4.43 Å². The highest BCUT2D eigenvalue weighted by atomic mass is 28.4. The molecule has 0 heterocycles. The van der Waals surface area contributed by atoms with Gasteiger partial charge in [-0.3, -0.25) is 0 Å². The first-order valence-corrected chi connectivity index (χ1v) is 11.8. The van der Waals surface area contributed by atoms with Gasteiger partial charge in [0.25, 0.3) is 8.32 Å². The molecule has 3 aromatic carbocycles. The lowest BCUT2D eigenvalue weighted by Crippen LogP contribution is -2.69. The summed E-state index contributed by atoms with van der Waals surface area (Å²) in [5.41, 5.74) is 3.84. The number of hydrogen-bond donors (Lipinski definition) is 0. The van der Waals surface area contributed by atoms with Gasteiger partial charge in [-0.25, -0.2) is 0 Å². The van der Waals surface area contributed by atoms with Crippen LogP contribution in [0.4, 0.5) is 0 Å². The van der Waals surface area contributed by atoms with Crippen molar-refractivity contribution in [1.82, 2.24) is 0 Å². The van der Waals surface area contributed by atoms with Gasteiger partial charge in [0.15, 0.2) is 0 Å². The number of benzene rings is 3. The van der Waals surface area contributed by atoms with Gasteiger partial charge in [0, 0.05) is 6.61 Å². The first-order valence-electron chi connectivity index (χ1n) is 9.91. The summed E-state index contributed by atoms with van der Waals surface area (Å²) in [5, 5.41) is 3.99. The van der Waals surface area contributed by atoms with Crippen molar-refractivity contribution in [3.8, 4) is 0 Å². The van der Waals surface area contributed by atoms with E-state index < -0.39 is 8.32 Å². The minimum atomic E-state index is -2.56. The van der Waals surface area contributed by atoms with Crippen LogP contribution in [0.25, 0.3) is 0 Å². The monoisotopic (exact) mass is 374 g/mol. The fourth-order valence-electron chi connectivity index (χ4n) is 3.71. The Bertz CT molecular complexity index is 789. The maximum absolute atomic E-state index is 6.93. The van der Waals surface area contributed by atoms with Crippen LogP contribution in [0, 0.1) is 20.8 Å². The Kier molecular flexibility index (Phi) is 6.30. The molecule has 0 saturated carbocycles. The second-order valence-electron chi connectivity index (χ2n) is 7.49. The highest BCUT2D eigenvalue weighted by molar-refractivity contribution is 7.07. The number of rotatable bonds is 7. The Morgan fingerprint density at radius 3 is 1.41 bits per heavy atom. The van der Waals surface area contributed by atoms with E-state index in [0.29, 0.717) is 0 Å². The molecule has 0 saturated heterocycles. The Morgan fingerprint density at radius 2 is 1.07 bits per heavy atom. The molecule has 0 spiro atoms. The molecule has 0 fully saturated rings. The Labute approximate surface area is 165 Å². The van der Waals surface area contributed by atoms with E-state index >= 15 is 0 Å². The summed E-state index contributed by atoms with van der Waals surface area (Å²) in [5.74, 6) is 0. The minimum Gasteiger partial charge on any atom is -0.404 e. The predicted octanol–water partition coefficient (Wildman–Crippen LogP) is 4.40. The van der Waals surface area contributed by atoms with Crippen LogP contribution in [0.1, 0.15) is 36.5 Å². The van der Waals surface area contributed by atoms with Crippen LogP contribution in [0.15, 0.2) is 72.8 Å². The van der Waals surface area contributed by atoms with E-state index in [9.17, 15) is 0 Å². The van der Waals surface area contributed by atoms with E-state index in [1.54, 1.807) is 0 Å². The molecule has 140 valence electrons. The van der Waals surface area contributed by atoms with E-state index in [0.717, 1.165) is 19.4 Å². The first-order chi connectivity index (χ1) is 13.1. The third-order valence-corrected chi connectivity index (χ3v) is 9.10. The zero-order chi connectivity index (χ0) is 19.3. The molecule has 3 rings (SSSR count). The predicted molar refractivity (Wildman–Crippen MR) is 119 cm³/mol. The van der Waals surface area contributed by atoms with Crippen LogP contribution in [0.5, 0.6) is 0 Å². The van der Waals surface area contributed by atoms with Gasteiger partial charge in [0.2, 0.25) is 0 Å². The summed E-state index contributed by atoms with van der Waals surface area (Å²) >= 11 is 0. The zero-order valence-corrected chi connectivity index (χ0v) is 18.0. The quantitative estimate of drug-likeness (QED) is 0.338. The number of hydrogen-bond acceptors (Lipinski definition) is 1. The van der Waals surface area contributed by atoms with Crippen LogP contribution >= 0.6 is 0 Å². The van der Waals surface area contributed by atoms with E-state index in [1.165, 1.54) is 32.3 Å². The topological polar surface area (TPSA) is 9.23 Å². The zero-order valence-electron chi connectivity index (χ0n) is 17.0. The van der Waals surface area contributed by atoms with Crippen LogP contribution in [-0.2, 0) is 4.43 Å². The molecule has 0 aromatic heterocycles. The fourth-order valence-corrected chi connectivity index (χ4v) is 7.95. The molecular weight excluding hydrogens is 344 g/mol. The molecule has 0 aliphatic heterocycles. The van der Waals surface area contributed by atoms with Gasteiger partial charge >= 0.3 is 0 Å². The average molecular weight is 375 g/mol. The lowest BCUT2D eigenvalue weighted by Gasteiger charge is -2.34. The van der Waals surface area contributed by atoms with Crippen molar-refractivity contribution in [3.05, 3.63) is 89.5 Å². The largest absolute Gasteiger partial charge is 0.404 e. The van der Waals surface area contributed by atoms with Crippen molar-refractivity contribution in [2.75, 3.05) is 6.61 Å². The summed E-state index contributed by atoms with van der Waals surface area (Å²) in [6, 6.07) is 26.8. The van der Waals surface area contributed by atoms with Crippen molar-refractivity contribution in [2.45, 2.75) is 40.5 Å². The van der Waals surface area contributed by atoms with Gasteiger partial charge < -0.3 is 4.43 Å². The van der Waals surface area contributed by atoms with E-state index in [-0.39, 0.29) is 0 Å². The Morgan fingerprint density at radius 1 is 0.667 bits per heavy atom. The second-order valence-corrected chi connectivity index (χ2v) is 10.9. The maximum Gasteiger partial charge on any atom is 0.288 e. The fraction of sp³-hybridized carbons (Fsp3) is 0.280. The summed E-state index contributed by atoms with van der Waals surface area (Å²) < 4.78 is 6.93. The van der Waals surface area contributed by atoms with Crippen molar-refractivity contribution in [3.63, 3.8) is 0 Å². The van der Waals surface area contributed by atoms with Crippen LogP contribution < -0.4 is 15.6 Å². The molecule has 0 unspecified atom stereocenters. The highest BCUT2D eigenvalue weighted by Crippen LogP contribution is 2.13. The van der Waals surface area contributed by atoms with Gasteiger partial charge in [-0.15, -0.1) is 0 Å². The Hall–Kier alpha value is -2.16. The molecule has 0 aliphatic rings. The molecular formula is C25H30OSi. The smallest absolute Gasteiger partial charge is 0.288 e. The normalized spacial score (nSPS) is 11.6. The maximum atomic E-state index is 6.93. The summed E-state index contributed by atoms with van der Waals surface area (Å²) in [4.78, 5) is 0.